The number of ether oxygens (including phenoxy) is 2. The number of fused-ring (bicyclic) bond motifs is 2. The number of halogens is 3. The molecule has 0 amide bonds. The molecule has 1 N–H and O–H groups in total. The molecule has 5 aliphatic rings. The smallest absolute Gasteiger partial charge is 0.449 e. The lowest BCUT2D eigenvalue weighted by atomic mass is 9.58. The van der Waals surface area contributed by atoms with E-state index in [0.29, 0.717) is 19.3 Å². The minimum Gasteiger partial charge on any atom is -0.456 e. The van der Waals surface area contributed by atoms with Crippen LogP contribution in [0.15, 0.2) is 24.0 Å². The summed E-state index contributed by atoms with van der Waals surface area (Å²) in [7, 11) is 0. The molecule has 3 saturated heterocycles. The van der Waals surface area contributed by atoms with Crippen LogP contribution in [0.4, 0.5) is 13.2 Å². The van der Waals surface area contributed by atoms with Gasteiger partial charge < -0.3 is 14.6 Å². The molecule has 27 heavy (non-hydrogen) atoms. The van der Waals surface area contributed by atoms with E-state index in [1.807, 2.05) is 0 Å². The average molecular weight is 390 g/mol. The second-order valence-electron chi connectivity index (χ2n) is 8.30. The van der Waals surface area contributed by atoms with Crippen LogP contribution in [-0.2, 0) is 19.2 Å². The SMILES string of the molecule is C=CCC(O)C1=C(C(F)(F)F)O[C@@H]2O[C@]3(C)CC[C@H]4[C@H](C)CCC1[C@@]24OO3. The lowest BCUT2D eigenvalue weighted by Crippen LogP contribution is -2.68. The first-order chi connectivity index (χ1) is 12.6. The van der Waals surface area contributed by atoms with E-state index >= 15 is 0 Å². The summed E-state index contributed by atoms with van der Waals surface area (Å²) in [4.78, 5) is 11.4. The fourth-order valence-corrected chi connectivity index (χ4v) is 5.33. The maximum atomic E-state index is 13.8. The minimum absolute atomic E-state index is 0.00479. The van der Waals surface area contributed by atoms with Crippen molar-refractivity contribution in [2.24, 2.45) is 17.8 Å². The molecule has 152 valence electrons. The molecule has 0 aromatic heterocycles. The van der Waals surface area contributed by atoms with Gasteiger partial charge in [-0.05, 0) is 38.5 Å². The topological polar surface area (TPSA) is 57.2 Å². The van der Waals surface area contributed by atoms with Crippen molar-refractivity contribution in [3.63, 3.8) is 0 Å². The van der Waals surface area contributed by atoms with Crippen LogP contribution in [0.1, 0.15) is 46.0 Å². The largest absolute Gasteiger partial charge is 0.456 e. The van der Waals surface area contributed by atoms with E-state index in [1.54, 1.807) is 6.92 Å². The highest BCUT2D eigenvalue weighted by molar-refractivity contribution is 5.31. The summed E-state index contributed by atoms with van der Waals surface area (Å²) in [6.07, 6.45) is -3.56. The Balaban J connectivity index is 1.89. The second kappa shape index (κ2) is 6.20. The first-order valence-electron chi connectivity index (χ1n) is 9.44. The van der Waals surface area contributed by atoms with Gasteiger partial charge in [-0.2, -0.15) is 13.2 Å². The maximum absolute atomic E-state index is 13.8. The average Bonchev–Trinajstić information content (AvgIpc) is 2.81. The summed E-state index contributed by atoms with van der Waals surface area (Å²) in [6, 6.07) is 0. The third-order valence-corrected chi connectivity index (χ3v) is 6.59. The standard InChI is InChI=1S/C19H25F3O5/c1-4-5-13(23)14-12-7-6-10(2)11-8-9-17(3)25-16(18(11,12)27-26-17)24-15(14)19(20,21)22/h4,10-13,16,23H,1,5-9H2,2-3H3/t10-,11+,12?,13?,16-,17+,18-/m1/s1. The normalized spacial score (nSPS) is 45.0. The molecule has 0 aromatic rings. The highest BCUT2D eigenvalue weighted by atomic mass is 19.4. The number of rotatable bonds is 3. The fraction of sp³-hybridized carbons (Fsp3) is 0.789. The van der Waals surface area contributed by atoms with Crippen molar-refractivity contribution in [2.45, 2.75) is 75.9 Å². The van der Waals surface area contributed by atoms with Gasteiger partial charge in [0.1, 0.15) is 0 Å². The van der Waals surface area contributed by atoms with Gasteiger partial charge in [-0.3, -0.25) is 0 Å². The molecule has 2 unspecified atom stereocenters. The summed E-state index contributed by atoms with van der Waals surface area (Å²) in [5.41, 5.74) is -1.37. The Morgan fingerprint density at radius 1 is 1.30 bits per heavy atom. The molecule has 4 heterocycles. The Hall–Kier alpha value is -1.09. The molecule has 1 spiro atoms. The molecule has 0 radical (unpaired) electrons. The van der Waals surface area contributed by atoms with Gasteiger partial charge in [0, 0.05) is 23.8 Å². The number of aliphatic hydroxyl groups excluding tert-OH is 1. The predicted octanol–water partition coefficient (Wildman–Crippen LogP) is 3.99. The van der Waals surface area contributed by atoms with E-state index < -0.39 is 41.6 Å². The maximum Gasteiger partial charge on any atom is 0.449 e. The van der Waals surface area contributed by atoms with Gasteiger partial charge in [-0.25, -0.2) is 9.78 Å². The number of aliphatic hydroxyl groups is 1. The van der Waals surface area contributed by atoms with E-state index in [-0.39, 0.29) is 23.8 Å². The van der Waals surface area contributed by atoms with E-state index in [0.717, 1.165) is 6.42 Å². The lowest BCUT2D eigenvalue weighted by molar-refractivity contribution is -0.558. The van der Waals surface area contributed by atoms with Crippen molar-refractivity contribution < 1.29 is 37.5 Å². The molecule has 7 atom stereocenters. The van der Waals surface area contributed by atoms with E-state index in [4.69, 9.17) is 19.2 Å². The summed E-state index contributed by atoms with van der Waals surface area (Å²) in [5.74, 6) is -2.89. The van der Waals surface area contributed by atoms with Crippen molar-refractivity contribution in [3.05, 3.63) is 24.0 Å². The van der Waals surface area contributed by atoms with Gasteiger partial charge in [0.25, 0.3) is 0 Å². The molecule has 0 aromatic carbocycles. The molecule has 4 aliphatic heterocycles. The van der Waals surface area contributed by atoms with Crippen LogP contribution in [0.2, 0.25) is 0 Å². The first kappa shape index (κ1) is 19.2. The monoisotopic (exact) mass is 390 g/mol. The Labute approximate surface area is 156 Å². The van der Waals surface area contributed by atoms with Gasteiger partial charge in [0.2, 0.25) is 17.8 Å². The van der Waals surface area contributed by atoms with Gasteiger partial charge in [0.05, 0.1) is 6.10 Å². The summed E-state index contributed by atoms with van der Waals surface area (Å²) >= 11 is 0. The molecular formula is C19H25F3O5. The molecule has 2 bridgehead atoms. The van der Waals surface area contributed by atoms with Crippen molar-refractivity contribution in [3.8, 4) is 0 Å². The zero-order valence-corrected chi connectivity index (χ0v) is 15.4. The number of alkyl halides is 3. The number of allylic oxidation sites excluding steroid dienone is 1. The van der Waals surface area contributed by atoms with Crippen LogP contribution < -0.4 is 0 Å². The summed E-state index contributed by atoms with van der Waals surface area (Å²) in [6.45, 7) is 7.26. The van der Waals surface area contributed by atoms with E-state index in [9.17, 15) is 18.3 Å². The van der Waals surface area contributed by atoms with Crippen molar-refractivity contribution >= 4 is 0 Å². The van der Waals surface area contributed by atoms with Crippen LogP contribution in [0.3, 0.4) is 0 Å². The highest BCUT2D eigenvalue weighted by Crippen LogP contribution is 2.61. The van der Waals surface area contributed by atoms with Crippen LogP contribution in [0.25, 0.3) is 0 Å². The third kappa shape index (κ3) is 2.75. The Kier molecular flexibility index (Phi) is 4.42. The van der Waals surface area contributed by atoms with Crippen LogP contribution in [0.5, 0.6) is 0 Å². The number of hydrogen-bond donors (Lipinski definition) is 1. The molecule has 8 heteroatoms. The third-order valence-electron chi connectivity index (χ3n) is 6.59. The van der Waals surface area contributed by atoms with Crippen molar-refractivity contribution in [1.29, 1.82) is 0 Å². The first-order valence-corrected chi connectivity index (χ1v) is 9.44. The summed E-state index contributed by atoms with van der Waals surface area (Å²) in [5, 5.41) is 10.6. The van der Waals surface area contributed by atoms with E-state index in [2.05, 4.69) is 13.5 Å². The van der Waals surface area contributed by atoms with Crippen molar-refractivity contribution in [1.82, 2.24) is 0 Å². The van der Waals surface area contributed by atoms with Gasteiger partial charge in [0.15, 0.2) is 5.60 Å². The molecular weight excluding hydrogens is 365 g/mol. The quantitative estimate of drug-likeness (QED) is 0.583. The molecule has 1 aliphatic carbocycles. The fourth-order valence-electron chi connectivity index (χ4n) is 5.33. The predicted molar refractivity (Wildman–Crippen MR) is 87.8 cm³/mol. The summed E-state index contributed by atoms with van der Waals surface area (Å²) < 4.78 is 52.8. The van der Waals surface area contributed by atoms with Gasteiger partial charge in [-0.1, -0.05) is 13.0 Å². The molecule has 5 nitrogen and oxygen atoms in total. The molecule has 4 fully saturated rings. The Morgan fingerprint density at radius 2 is 2.04 bits per heavy atom. The second-order valence-corrected chi connectivity index (χ2v) is 8.30. The minimum atomic E-state index is -4.74. The highest BCUT2D eigenvalue weighted by Gasteiger charge is 2.70. The van der Waals surface area contributed by atoms with E-state index in [1.165, 1.54) is 6.08 Å². The molecule has 1 saturated carbocycles. The Bertz CT molecular complexity index is 662. The Morgan fingerprint density at radius 3 is 2.70 bits per heavy atom. The van der Waals surface area contributed by atoms with Crippen molar-refractivity contribution in [2.75, 3.05) is 0 Å². The van der Waals surface area contributed by atoms with Gasteiger partial charge >= 0.3 is 6.18 Å². The van der Waals surface area contributed by atoms with Crippen LogP contribution in [0, 0.1) is 17.8 Å². The van der Waals surface area contributed by atoms with Crippen LogP contribution >= 0.6 is 0 Å². The lowest BCUT2D eigenvalue weighted by Gasteiger charge is -2.57. The number of hydrogen-bond acceptors (Lipinski definition) is 5. The zero-order valence-electron chi connectivity index (χ0n) is 15.4. The van der Waals surface area contributed by atoms with Crippen LogP contribution in [-0.4, -0.2) is 35.1 Å². The van der Waals surface area contributed by atoms with Gasteiger partial charge in [-0.15, -0.1) is 6.58 Å². The molecule has 5 rings (SSSR count). The zero-order chi connectivity index (χ0) is 19.6.